The van der Waals surface area contributed by atoms with Gasteiger partial charge in [0.1, 0.15) is 0 Å². The molecule has 1 rings (SSSR count). The average Bonchev–Trinajstić information content (AvgIpc) is 2.80. The van der Waals surface area contributed by atoms with Crippen LogP contribution in [0.15, 0.2) is 0 Å². The average molecular weight is 198 g/mol. The summed E-state index contributed by atoms with van der Waals surface area (Å²) in [5.41, 5.74) is 0.835. The Morgan fingerprint density at radius 3 is 2.21 bits per heavy atom. The van der Waals surface area contributed by atoms with Crippen molar-refractivity contribution in [3.63, 3.8) is 0 Å². The van der Waals surface area contributed by atoms with Crippen LogP contribution in [0.3, 0.4) is 0 Å². The van der Waals surface area contributed by atoms with Crippen LogP contribution in [-0.2, 0) is 0 Å². The molecule has 1 fully saturated rings. The van der Waals surface area contributed by atoms with Gasteiger partial charge in [0.15, 0.2) is 0 Å². The summed E-state index contributed by atoms with van der Waals surface area (Å²) in [7, 11) is 4.29. The van der Waals surface area contributed by atoms with Crippen molar-refractivity contribution in [2.24, 2.45) is 5.41 Å². The van der Waals surface area contributed by atoms with Crippen molar-refractivity contribution in [1.82, 2.24) is 10.2 Å². The summed E-state index contributed by atoms with van der Waals surface area (Å²) < 4.78 is 0. The first kappa shape index (κ1) is 12.0. The highest BCUT2D eigenvalue weighted by molar-refractivity contribution is 4.97. The lowest BCUT2D eigenvalue weighted by Crippen LogP contribution is -2.50. The topological polar surface area (TPSA) is 15.3 Å². The molecule has 1 unspecified atom stereocenters. The van der Waals surface area contributed by atoms with Crippen LogP contribution in [-0.4, -0.2) is 37.1 Å². The normalized spacial score (nSPS) is 22.5. The predicted molar refractivity (Wildman–Crippen MR) is 62.6 cm³/mol. The van der Waals surface area contributed by atoms with Crippen molar-refractivity contribution < 1.29 is 0 Å². The SMILES string of the molecule is CC(NCC(C)(C)N(C)C)C1(C)CC1. The van der Waals surface area contributed by atoms with Crippen LogP contribution >= 0.6 is 0 Å². The van der Waals surface area contributed by atoms with Crippen LogP contribution in [0.4, 0.5) is 0 Å². The molecule has 1 atom stereocenters. The first-order valence-corrected chi connectivity index (χ1v) is 5.69. The molecule has 1 saturated carbocycles. The fourth-order valence-corrected chi connectivity index (χ4v) is 1.44. The van der Waals surface area contributed by atoms with Crippen LogP contribution in [0.1, 0.15) is 40.5 Å². The van der Waals surface area contributed by atoms with Gasteiger partial charge >= 0.3 is 0 Å². The van der Waals surface area contributed by atoms with E-state index in [1.54, 1.807) is 0 Å². The van der Waals surface area contributed by atoms with E-state index in [4.69, 9.17) is 0 Å². The van der Waals surface area contributed by atoms with E-state index >= 15 is 0 Å². The van der Waals surface area contributed by atoms with Gasteiger partial charge in [-0.1, -0.05) is 6.92 Å². The minimum atomic E-state index is 0.250. The van der Waals surface area contributed by atoms with Crippen LogP contribution in [0.25, 0.3) is 0 Å². The van der Waals surface area contributed by atoms with Crippen molar-refractivity contribution in [2.45, 2.75) is 52.1 Å². The van der Waals surface area contributed by atoms with Gasteiger partial charge in [-0.15, -0.1) is 0 Å². The molecule has 0 radical (unpaired) electrons. The van der Waals surface area contributed by atoms with E-state index in [9.17, 15) is 0 Å². The molecular formula is C12H26N2. The molecule has 0 spiro atoms. The Morgan fingerprint density at radius 1 is 1.36 bits per heavy atom. The van der Waals surface area contributed by atoms with Gasteiger partial charge in [0.05, 0.1) is 0 Å². The van der Waals surface area contributed by atoms with Gasteiger partial charge in [-0.05, 0) is 53.1 Å². The molecule has 2 heteroatoms. The predicted octanol–water partition coefficient (Wildman–Crippen LogP) is 2.10. The second-order valence-electron chi connectivity index (χ2n) is 5.96. The van der Waals surface area contributed by atoms with Gasteiger partial charge in [0.25, 0.3) is 0 Å². The molecule has 0 aromatic carbocycles. The first-order chi connectivity index (χ1) is 6.28. The van der Waals surface area contributed by atoms with Gasteiger partial charge in [-0.2, -0.15) is 0 Å². The summed E-state index contributed by atoms with van der Waals surface area (Å²) in [4.78, 5) is 2.28. The zero-order valence-electron chi connectivity index (χ0n) is 10.6. The van der Waals surface area contributed by atoms with E-state index in [0.29, 0.717) is 11.5 Å². The highest BCUT2D eigenvalue weighted by Gasteiger charge is 2.42. The largest absolute Gasteiger partial charge is 0.312 e. The molecule has 1 aliphatic carbocycles. The highest BCUT2D eigenvalue weighted by Crippen LogP contribution is 2.47. The van der Waals surface area contributed by atoms with Gasteiger partial charge in [0.2, 0.25) is 0 Å². The van der Waals surface area contributed by atoms with Crippen LogP contribution in [0.2, 0.25) is 0 Å². The zero-order chi connectivity index (χ0) is 11.0. The van der Waals surface area contributed by atoms with Crippen LogP contribution < -0.4 is 5.32 Å². The van der Waals surface area contributed by atoms with E-state index in [1.165, 1.54) is 12.8 Å². The summed E-state index contributed by atoms with van der Waals surface area (Å²) in [5.74, 6) is 0. The lowest BCUT2D eigenvalue weighted by molar-refractivity contribution is 0.178. The maximum atomic E-state index is 3.66. The van der Waals surface area contributed by atoms with Crippen molar-refractivity contribution in [3.05, 3.63) is 0 Å². The summed E-state index contributed by atoms with van der Waals surface area (Å²) in [6.45, 7) is 10.3. The molecule has 0 amide bonds. The molecule has 2 nitrogen and oxygen atoms in total. The van der Waals surface area contributed by atoms with E-state index in [-0.39, 0.29) is 5.54 Å². The molecule has 0 heterocycles. The molecule has 0 aromatic rings. The van der Waals surface area contributed by atoms with Gasteiger partial charge in [-0.25, -0.2) is 0 Å². The maximum absolute atomic E-state index is 3.66. The third kappa shape index (κ3) is 2.71. The lowest BCUT2D eigenvalue weighted by atomic mass is 9.98. The van der Waals surface area contributed by atoms with E-state index < -0.39 is 0 Å². The quantitative estimate of drug-likeness (QED) is 0.728. The number of nitrogens with one attached hydrogen (secondary N) is 1. The first-order valence-electron chi connectivity index (χ1n) is 5.69. The number of likely N-dealkylation sites (N-methyl/N-ethyl adjacent to an activating group) is 1. The summed E-state index contributed by atoms with van der Waals surface area (Å²) in [6, 6.07) is 0.654. The monoisotopic (exact) mass is 198 g/mol. The Labute approximate surface area is 89.1 Å². The minimum Gasteiger partial charge on any atom is -0.312 e. The molecule has 14 heavy (non-hydrogen) atoms. The van der Waals surface area contributed by atoms with E-state index in [0.717, 1.165) is 6.54 Å². The third-order valence-electron chi connectivity index (χ3n) is 4.14. The molecule has 1 aliphatic rings. The highest BCUT2D eigenvalue weighted by atomic mass is 15.2. The molecule has 84 valence electrons. The third-order valence-corrected chi connectivity index (χ3v) is 4.14. The molecule has 0 aromatic heterocycles. The Hall–Kier alpha value is -0.0800. The Bertz CT molecular complexity index is 192. The Kier molecular flexibility index (Phi) is 3.27. The number of rotatable bonds is 5. The minimum absolute atomic E-state index is 0.250. The Balaban J connectivity index is 2.32. The molecule has 0 aliphatic heterocycles. The van der Waals surface area contributed by atoms with Crippen molar-refractivity contribution in [1.29, 1.82) is 0 Å². The fourth-order valence-electron chi connectivity index (χ4n) is 1.44. The van der Waals surface area contributed by atoms with Gasteiger partial charge in [0, 0.05) is 18.1 Å². The van der Waals surface area contributed by atoms with Gasteiger partial charge in [-0.3, -0.25) is 0 Å². The number of nitrogens with zero attached hydrogens (tertiary/aromatic N) is 1. The fraction of sp³-hybridized carbons (Fsp3) is 1.00. The van der Waals surface area contributed by atoms with E-state index in [2.05, 4.69) is 52.0 Å². The molecule has 0 bridgehead atoms. The number of hydrogen-bond donors (Lipinski definition) is 1. The molecular weight excluding hydrogens is 172 g/mol. The van der Waals surface area contributed by atoms with Crippen LogP contribution in [0.5, 0.6) is 0 Å². The molecule has 0 saturated heterocycles. The standard InChI is InChI=1S/C12H26N2/c1-10(12(4)7-8-12)13-9-11(2,3)14(5)6/h10,13H,7-9H2,1-6H3. The maximum Gasteiger partial charge on any atom is 0.0271 e. The summed E-state index contributed by atoms with van der Waals surface area (Å²) >= 11 is 0. The number of hydrogen-bond acceptors (Lipinski definition) is 2. The van der Waals surface area contributed by atoms with Gasteiger partial charge < -0.3 is 10.2 Å². The zero-order valence-corrected chi connectivity index (χ0v) is 10.6. The second kappa shape index (κ2) is 3.82. The summed E-state index contributed by atoms with van der Waals surface area (Å²) in [5, 5.41) is 3.66. The summed E-state index contributed by atoms with van der Waals surface area (Å²) in [6.07, 6.45) is 2.78. The van der Waals surface area contributed by atoms with E-state index in [1.807, 2.05) is 0 Å². The Morgan fingerprint density at radius 2 is 1.86 bits per heavy atom. The van der Waals surface area contributed by atoms with Crippen LogP contribution in [0, 0.1) is 5.41 Å². The van der Waals surface area contributed by atoms with Crippen molar-refractivity contribution in [3.8, 4) is 0 Å². The lowest BCUT2D eigenvalue weighted by Gasteiger charge is -2.35. The van der Waals surface area contributed by atoms with Crippen molar-refractivity contribution in [2.75, 3.05) is 20.6 Å². The second-order valence-corrected chi connectivity index (χ2v) is 5.96. The van der Waals surface area contributed by atoms with Crippen molar-refractivity contribution >= 4 is 0 Å². The molecule has 1 N–H and O–H groups in total. The smallest absolute Gasteiger partial charge is 0.0271 e.